The Bertz CT molecular complexity index is 567. The predicted octanol–water partition coefficient (Wildman–Crippen LogP) is 3.58. The van der Waals surface area contributed by atoms with Crippen molar-refractivity contribution in [3.8, 4) is 5.75 Å². The highest BCUT2D eigenvalue weighted by molar-refractivity contribution is 6.49. The summed E-state index contributed by atoms with van der Waals surface area (Å²) in [5.74, 6) is 0.873. The average molecular weight is 270 g/mol. The zero-order chi connectivity index (χ0) is 13.7. The SMILES string of the molecule is CC(=Nc1ccccc1O[SiH](C)C)c1ccncc1. The first kappa shape index (κ1) is 13.5. The quantitative estimate of drug-likeness (QED) is 0.628. The number of aliphatic imine (C=N–C) groups is 1. The van der Waals surface area contributed by atoms with Gasteiger partial charge in [-0.3, -0.25) is 4.98 Å². The van der Waals surface area contributed by atoms with Gasteiger partial charge in [-0.25, -0.2) is 4.99 Å². The van der Waals surface area contributed by atoms with Crippen molar-refractivity contribution in [1.82, 2.24) is 4.98 Å². The Labute approximate surface area is 115 Å². The lowest BCUT2D eigenvalue weighted by Gasteiger charge is -2.12. The van der Waals surface area contributed by atoms with E-state index >= 15 is 0 Å². The Morgan fingerprint density at radius 2 is 1.79 bits per heavy atom. The maximum atomic E-state index is 5.90. The van der Waals surface area contributed by atoms with E-state index < -0.39 is 9.04 Å². The fourth-order valence-electron chi connectivity index (χ4n) is 1.74. The molecule has 0 amide bonds. The number of nitrogens with zero attached hydrogens (tertiary/aromatic N) is 2. The van der Waals surface area contributed by atoms with Crippen molar-refractivity contribution in [3.63, 3.8) is 0 Å². The molecule has 98 valence electrons. The Hall–Kier alpha value is -1.94. The molecule has 4 heteroatoms. The third kappa shape index (κ3) is 3.76. The number of rotatable bonds is 4. The molecule has 3 nitrogen and oxygen atoms in total. The summed E-state index contributed by atoms with van der Waals surface area (Å²) in [4.78, 5) is 8.69. The van der Waals surface area contributed by atoms with Crippen LogP contribution in [0.15, 0.2) is 53.8 Å². The summed E-state index contributed by atoms with van der Waals surface area (Å²) < 4.78 is 5.90. The first-order valence-electron chi connectivity index (χ1n) is 6.38. The van der Waals surface area contributed by atoms with Crippen molar-refractivity contribution in [3.05, 3.63) is 54.4 Å². The molecule has 0 aliphatic rings. The second kappa shape index (κ2) is 6.29. The fourth-order valence-corrected chi connectivity index (χ4v) is 2.45. The number of hydrogen-bond donors (Lipinski definition) is 0. The minimum absolute atomic E-state index is 0.873. The number of pyridine rings is 1. The van der Waals surface area contributed by atoms with Crippen molar-refractivity contribution in [2.45, 2.75) is 20.0 Å². The third-order valence-electron chi connectivity index (χ3n) is 2.61. The molecule has 0 N–H and O–H groups in total. The molecule has 0 fully saturated rings. The van der Waals surface area contributed by atoms with Crippen LogP contribution in [0, 0.1) is 0 Å². The molecular weight excluding hydrogens is 252 g/mol. The summed E-state index contributed by atoms with van der Waals surface area (Å²) in [7, 11) is -1.12. The monoisotopic (exact) mass is 270 g/mol. The third-order valence-corrected chi connectivity index (χ3v) is 3.34. The molecule has 2 rings (SSSR count). The maximum absolute atomic E-state index is 5.90. The molecule has 2 aromatic rings. The van der Waals surface area contributed by atoms with Crippen molar-refractivity contribution in [2.75, 3.05) is 0 Å². The highest BCUT2D eigenvalue weighted by atomic mass is 28.3. The number of para-hydroxylation sites is 2. The number of benzene rings is 1. The van der Waals surface area contributed by atoms with E-state index in [1.807, 2.05) is 43.3 Å². The van der Waals surface area contributed by atoms with Crippen LogP contribution >= 0.6 is 0 Å². The lowest BCUT2D eigenvalue weighted by Crippen LogP contribution is -2.11. The second-order valence-corrected chi connectivity index (χ2v) is 6.90. The summed E-state index contributed by atoms with van der Waals surface area (Å²) in [6.07, 6.45) is 3.55. The molecule has 0 spiro atoms. The smallest absolute Gasteiger partial charge is 0.229 e. The van der Waals surface area contributed by atoms with Crippen molar-refractivity contribution in [1.29, 1.82) is 0 Å². The zero-order valence-electron chi connectivity index (χ0n) is 11.5. The molecule has 0 atom stereocenters. The molecule has 1 heterocycles. The molecule has 1 aromatic heterocycles. The normalized spacial score (nSPS) is 11.7. The summed E-state index contributed by atoms with van der Waals surface area (Å²) >= 11 is 0. The molecule has 0 saturated heterocycles. The number of hydrogen-bond acceptors (Lipinski definition) is 3. The van der Waals surface area contributed by atoms with Gasteiger partial charge in [-0.1, -0.05) is 12.1 Å². The molecular formula is C15H18N2OSi. The molecule has 0 unspecified atom stereocenters. The van der Waals surface area contributed by atoms with Gasteiger partial charge in [0.05, 0.1) is 0 Å². The molecule has 0 saturated carbocycles. The first-order valence-corrected chi connectivity index (χ1v) is 9.16. The van der Waals surface area contributed by atoms with E-state index in [0.29, 0.717) is 0 Å². The summed E-state index contributed by atoms with van der Waals surface area (Å²) in [6.45, 7) is 6.30. The Balaban J connectivity index is 2.32. The van der Waals surface area contributed by atoms with Gasteiger partial charge in [0, 0.05) is 18.1 Å². The van der Waals surface area contributed by atoms with Crippen LogP contribution in [0.4, 0.5) is 5.69 Å². The molecule has 0 radical (unpaired) electrons. The lowest BCUT2D eigenvalue weighted by atomic mass is 10.2. The van der Waals surface area contributed by atoms with Crippen LogP contribution in [0.5, 0.6) is 5.75 Å². The van der Waals surface area contributed by atoms with E-state index in [2.05, 4.69) is 23.1 Å². The van der Waals surface area contributed by atoms with E-state index in [1.54, 1.807) is 12.4 Å². The topological polar surface area (TPSA) is 34.5 Å². The van der Waals surface area contributed by atoms with Crippen LogP contribution in [0.2, 0.25) is 13.1 Å². The van der Waals surface area contributed by atoms with Crippen molar-refractivity contribution >= 4 is 20.4 Å². The molecule has 0 bridgehead atoms. The van der Waals surface area contributed by atoms with Crippen LogP contribution in [0.1, 0.15) is 12.5 Å². The highest BCUT2D eigenvalue weighted by Crippen LogP contribution is 2.28. The van der Waals surface area contributed by atoms with E-state index in [0.717, 1.165) is 22.7 Å². The highest BCUT2D eigenvalue weighted by Gasteiger charge is 2.05. The average Bonchev–Trinajstić information content (AvgIpc) is 2.41. The van der Waals surface area contributed by atoms with E-state index in [-0.39, 0.29) is 0 Å². The fraction of sp³-hybridized carbons (Fsp3) is 0.200. The van der Waals surface area contributed by atoms with Crippen LogP contribution < -0.4 is 4.43 Å². The first-order chi connectivity index (χ1) is 9.16. The van der Waals surface area contributed by atoms with Crippen LogP contribution in [-0.4, -0.2) is 19.7 Å². The zero-order valence-corrected chi connectivity index (χ0v) is 12.7. The van der Waals surface area contributed by atoms with Gasteiger partial charge in [0.25, 0.3) is 0 Å². The Kier molecular flexibility index (Phi) is 4.47. The van der Waals surface area contributed by atoms with Gasteiger partial charge in [-0.05, 0) is 49.8 Å². The van der Waals surface area contributed by atoms with Crippen LogP contribution in [0.25, 0.3) is 0 Å². The summed E-state index contributed by atoms with van der Waals surface area (Å²) in [6, 6.07) is 11.8. The van der Waals surface area contributed by atoms with Gasteiger partial charge in [0.1, 0.15) is 11.4 Å². The van der Waals surface area contributed by atoms with E-state index in [9.17, 15) is 0 Å². The summed E-state index contributed by atoms with van der Waals surface area (Å²) in [5.41, 5.74) is 2.92. The van der Waals surface area contributed by atoms with Crippen molar-refractivity contribution in [2.24, 2.45) is 4.99 Å². The van der Waals surface area contributed by atoms with Gasteiger partial charge in [-0.2, -0.15) is 0 Å². The van der Waals surface area contributed by atoms with Gasteiger partial charge in [0.2, 0.25) is 9.04 Å². The lowest BCUT2D eigenvalue weighted by molar-refractivity contribution is 0.582. The van der Waals surface area contributed by atoms with E-state index in [4.69, 9.17) is 4.43 Å². The van der Waals surface area contributed by atoms with Crippen LogP contribution in [-0.2, 0) is 0 Å². The predicted molar refractivity (Wildman–Crippen MR) is 82.1 cm³/mol. The molecule has 0 aliphatic heterocycles. The minimum atomic E-state index is -1.12. The summed E-state index contributed by atoms with van der Waals surface area (Å²) in [5, 5.41) is 0. The maximum Gasteiger partial charge on any atom is 0.229 e. The molecule has 0 aliphatic carbocycles. The number of aromatic nitrogens is 1. The minimum Gasteiger partial charge on any atom is -0.546 e. The largest absolute Gasteiger partial charge is 0.546 e. The second-order valence-electron chi connectivity index (χ2n) is 4.57. The standard InChI is InChI=1S/C15H18N2OSi/c1-12(13-8-10-16-11-9-13)17-14-6-4-5-7-15(14)18-19(2)3/h4-11,19H,1-3H3. The van der Waals surface area contributed by atoms with Gasteiger partial charge < -0.3 is 4.43 Å². The van der Waals surface area contributed by atoms with Gasteiger partial charge in [-0.15, -0.1) is 0 Å². The molecule has 19 heavy (non-hydrogen) atoms. The van der Waals surface area contributed by atoms with Crippen molar-refractivity contribution < 1.29 is 4.43 Å². The van der Waals surface area contributed by atoms with E-state index in [1.165, 1.54) is 0 Å². The Morgan fingerprint density at radius 3 is 2.47 bits per heavy atom. The van der Waals surface area contributed by atoms with Gasteiger partial charge in [0.15, 0.2) is 0 Å². The van der Waals surface area contributed by atoms with Gasteiger partial charge >= 0.3 is 0 Å². The van der Waals surface area contributed by atoms with Crippen LogP contribution in [0.3, 0.4) is 0 Å². The Morgan fingerprint density at radius 1 is 1.11 bits per heavy atom. The molecule has 1 aromatic carbocycles.